The van der Waals surface area contributed by atoms with Gasteiger partial charge in [-0.15, -0.1) is 0 Å². The van der Waals surface area contributed by atoms with Crippen LogP contribution in [0.2, 0.25) is 0 Å². The minimum absolute atomic E-state index is 0.0440. The number of hydrogen-bond donors (Lipinski definition) is 0. The van der Waals surface area contributed by atoms with Crippen LogP contribution in [0, 0.1) is 11.3 Å². The van der Waals surface area contributed by atoms with Gasteiger partial charge in [-0.2, -0.15) is 22.7 Å². The summed E-state index contributed by atoms with van der Waals surface area (Å²) in [6.07, 6.45) is -4.63. The molecule has 0 saturated carbocycles. The van der Waals surface area contributed by atoms with E-state index in [1.54, 1.807) is 36.1 Å². The summed E-state index contributed by atoms with van der Waals surface area (Å²) in [6.45, 7) is 5.37. The van der Waals surface area contributed by atoms with Crippen LogP contribution in [0.1, 0.15) is 18.1 Å². The standard InChI is InChI=1S/C24H28F3N5O2S/c1-18-17-31(23-7-6-19(16-28)14-22(23)24(25,26)27)12-13-32(18)35(33,34)21-5-3-4-20(15-21)30-10-8-29(2)9-11-30/h3-7,14-15,18H,8-13,17H2,1-2H3/t18-/m1/s1. The van der Waals surface area contributed by atoms with Gasteiger partial charge in [-0.3, -0.25) is 0 Å². The number of anilines is 2. The Morgan fingerprint density at radius 3 is 2.29 bits per heavy atom. The van der Waals surface area contributed by atoms with Crippen molar-refractivity contribution in [3.8, 4) is 6.07 Å². The second kappa shape index (κ2) is 9.68. The summed E-state index contributed by atoms with van der Waals surface area (Å²) >= 11 is 0. The van der Waals surface area contributed by atoms with Crippen LogP contribution in [0.25, 0.3) is 0 Å². The molecular formula is C24H28F3N5O2S. The molecule has 2 aromatic rings. The number of hydrogen-bond acceptors (Lipinski definition) is 6. The van der Waals surface area contributed by atoms with Crippen LogP contribution < -0.4 is 9.80 Å². The Hall–Kier alpha value is -2.81. The molecule has 4 rings (SSSR count). The summed E-state index contributed by atoms with van der Waals surface area (Å²) < 4.78 is 69.4. The van der Waals surface area contributed by atoms with E-state index in [-0.39, 0.29) is 35.8 Å². The van der Waals surface area contributed by atoms with E-state index in [0.717, 1.165) is 37.9 Å². The summed E-state index contributed by atoms with van der Waals surface area (Å²) in [7, 11) is -1.78. The maximum Gasteiger partial charge on any atom is 0.418 e. The summed E-state index contributed by atoms with van der Waals surface area (Å²) in [6, 6.07) is 11.6. The molecule has 0 aromatic heterocycles. The van der Waals surface area contributed by atoms with E-state index >= 15 is 0 Å². The Morgan fingerprint density at radius 2 is 1.66 bits per heavy atom. The normalized spacial score (nSPS) is 20.6. The highest BCUT2D eigenvalue weighted by Crippen LogP contribution is 2.38. The van der Waals surface area contributed by atoms with Crippen LogP contribution in [0.4, 0.5) is 24.5 Å². The second-order valence-electron chi connectivity index (χ2n) is 9.04. The van der Waals surface area contributed by atoms with E-state index in [1.165, 1.54) is 16.4 Å². The van der Waals surface area contributed by atoms with E-state index in [2.05, 4.69) is 16.8 Å². The number of benzene rings is 2. The van der Waals surface area contributed by atoms with Gasteiger partial charge in [-0.05, 0) is 50.4 Å². The van der Waals surface area contributed by atoms with Crippen molar-refractivity contribution >= 4 is 21.4 Å². The molecule has 2 heterocycles. The van der Waals surface area contributed by atoms with E-state index in [0.29, 0.717) is 0 Å². The smallest absolute Gasteiger partial charge is 0.369 e. The van der Waals surface area contributed by atoms with Crippen molar-refractivity contribution in [2.75, 3.05) is 62.7 Å². The minimum atomic E-state index is -4.63. The fraction of sp³-hybridized carbons (Fsp3) is 0.458. The number of alkyl halides is 3. The van der Waals surface area contributed by atoms with Gasteiger partial charge in [0, 0.05) is 63.2 Å². The van der Waals surface area contributed by atoms with Crippen LogP contribution in [0.15, 0.2) is 47.4 Å². The third-order valence-corrected chi connectivity index (χ3v) is 8.64. The molecule has 2 saturated heterocycles. The molecule has 2 aliphatic rings. The molecule has 7 nitrogen and oxygen atoms in total. The largest absolute Gasteiger partial charge is 0.418 e. The predicted octanol–water partition coefficient (Wildman–Crippen LogP) is 3.23. The summed E-state index contributed by atoms with van der Waals surface area (Å²) in [5, 5.41) is 9.01. The molecule has 0 unspecified atom stereocenters. The monoisotopic (exact) mass is 507 g/mol. The third kappa shape index (κ3) is 5.24. The molecule has 2 aromatic carbocycles. The number of rotatable bonds is 4. The van der Waals surface area contributed by atoms with E-state index < -0.39 is 27.8 Å². The highest BCUT2D eigenvalue weighted by atomic mass is 32.2. The molecule has 11 heteroatoms. The van der Waals surface area contributed by atoms with Crippen molar-refractivity contribution in [3.05, 3.63) is 53.6 Å². The van der Waals surface area contributed by atoms with E-state index in [4.69, 9.17) is 5.26 Å². The van der Waals surface area contributed by atoms with Crippen LogP contribution in [0.3, 0.4) is 0 Å². The first kappa shape index (κ1) is 25.3. The Kier molecular flexibility index (Phi) is 6.99. The van der Waals surface area contributed by atoms with Gasteiger partial charge in [0.15, 0.2) is 0 Å². The maximum atomic E-state index is 13.7. The zero-order chi connectivity index (χ0) is 25.4. The van der Waals surface area contributed by atoms with Crippen molar-refractivity contribution in [1.82, 2.24) is 9.21 Å². The van der Waals surface area contributed by atoms with Gasteiger partial charge in [0.25, 0.3) is 0 Å². The molecule has 188 valence electrons. The zero-order valence-corrected chi connectivity index (χ0v) is 20.5. The highest BCUT2D eigenvalue weighted by Gasteiger charge is 2.39. The second-order valence-corrected chi connectivity index (χ2v) is 10.9. The average Bonchev–Trinajstić information content (AvgIpc) is 2.83. The molecule has 1 atom stereocenters. The van der Waals surface area contributed by atoms with Crippen LogP contribution in [0.5, 0.6) is 0 Å². The van der Waals surface area contributed by atoms with Crippen molar-refractivity contribution in [2.24, 2.45) is 0 Å². The first-order chi connectivity index (χ1) is 16.5. The number of piperazine rings is 2. The Balaban J connectivity index is 1.55. The quantitative estimate of drug-likeness (QED) is 0.633. The lowest BCUT2D eigenvalue weighted by Crippen LogP contribution is -2.54. The molecule has 35 heavy (non-hydrogen) atoms. The number of likely N-dealkylation sites (N-methyl/N-ethyl adjacent to an activating group) is 1. The molecule has 0 aliphatic carbocycles. The maximum absolute atomic E-state index is 13.7. The van der Waals surface area contributed by atoms with Crippen molar-refractivity contribution in [1.29, 1.82) is 5.26 Å². The molecule has 2 fully saturated rings. The van der Waals surface area contributed by atoms with E-state index in [1.807, 2.05) is 6.07 Å². The lowest BCUT2D eigenvalue weighted by Gasteiger charge is -2.41. The van der Waals surface area contributed by atoms with Gasteiger partial charge in [0.1, 0.15) is 0 Å². The van der Waals surface area contributed by atoms with E-state index in [9.17, 15) is 21.6 Å². The number of sulfonamides is 1. The SMILES string of the molecule is C[C@@H]1CN(c2ccc(C#N)cc2C(F)(F)F)CCN1S(=O)(=O)c1cccc(N2CCN(C)CC2)c1. The summed E-state index contributed by atoms with van der Waals surface area (Å²) in [5.41, 5.74) is -0.161. The minimum Gasteiger partial charge on any atom is -0.369 e. The van der Waals surface area contributed by atoms with Crippen LogP contribution in [-0.2, 0) is 16.2 Å². The fourth-order valence-corrected chi connectivity index (χ4v) is 6.32. The molecule has 0 amide bonds. The number of halogens is 3. The molecule has 2 aliphatic heterocycles. The fourth-order valence-electron chi connectivity index (χ4n) is 4.67. The predicted molar refractivity (Wildman–Crippen MR) is 128 cm³/mol. The molecule has 0 radical (unpaired) electrons. The molecule has 0 spiro atoms. The zero-order valence-electron chi connectivity index (χ0n) is 19.7. The summed E-state index contributed by atoms with van der Waals surface area (Å²) in [4.78, 5) is 6.10. The van der Waals surface area contributed by atoms with Gasteiger partial charge in [0.2, 0.25) is 10.0 Å². The first-order valence-electron chi connectivity index (χ1n) is 11.4. The van der Waals surface area contributed by atoms with Gasteiger partial charge in [0.05, 0.1) is 22.1 Å². The Labute approximate surface area is 204 Å². The number of nitriles is 1. The lowest BCUT2D eigenvalue weighted by molar-refractivity contribution is -0.137. The van der Waals surface area contributed by atoms with Crippen molar-refractivity contribution in [3.63, 3.8) is 0 Å². The van der Waals surface area contributed by atoms with Gasteiger partial charge < -0.3 is 14.7 Å². The van der Waals surface area contributed by atoms with Crippen LogP contribution in [-0.4, -0.2) is 76.5 Å². The molecule has 0 bridgehead atoms. The van der Waals surface area contributed by atoms with Crippen molar-refractivity contribution in [2.45, 2.75) is 24.0 Å². The Morgan fingerprint density at radius 1 is 0.971 bits per heavy atom. The highest BCUT2D eigenvalue weighted by molar-refractivity contribution is 7.89. The average molecular weight is 508 g/mol. The Bertz CT molecular complexity index is 1220. The third-order valence-electron chi connectivity index (χ3n) is 6.63. The molecule has 0 N–H and O–H groups in total. The first-order valence-corrected chi connectivity index (χ1v) is 12.9. The molecular weight excluding hydrogens is 479 g/mol. The van der Waals surface area contributed by atoms with Gasteiger partial charge in [-0.25, -0.2) is 8.42 Å². The van der Waals surface area contributed by atoms with Gasteiger partial charge >= 0.3 is 6.18 Å². The lowest BCUT2D eigenvalue weighted by atomic mass is 10.1. The number of nitrogens with zero attached hydrogens (tertiary/aromatic N) is 5. The van der Waals surface area contributed by atoms with Gasteiger partial charge in [-0.1, -0.05) is 6.07 Å². The summed E-state index contributed by atoms with van der Waals surface area (Å²) in [5.74, 6) is 0. The topological polar surface area (TPSA) is 70.9 Å². The van der Waals surface area contributed by atoms with Crippen molar-refractivity contribution < 1.29 is 21.6 Å². The van der Waals surface area contributed by atoms with Crippen LogP contribution >= 0.6 is 0 Å².